The summed E-state index contributed by atoms with van der Waals surface area (Å²) in [5.74, 6) is 2.48. The number of carbonyl (C=O) groups excluding carboxylic acids is 2. The van der Waals surface area contributed by atoms with Gasteiger partial charge in [-0.15, -0.1) is 0 Å². The molecule has 0 bridgehead atoms. The summed E-state index contributed by atoms with van der Waals surface area (Å²) in [5.41, 5.74) is 1.32. The summed E-state index contributed by atoms with van der Waals surface area (Å²) in [6.07, 6.45) is 11.9. The monoisotopic (exact) mass is 284 g/mol. The molecule has 2 nitrogen and oxygen atoms in total. The zero-order valence-corrected chi connectivity index (χ0v) is 13.0. The van der Waals surface area contributed by atoms with Gasteiger partial charge in [0.2, 0.25) is 0 Å². The van der Waals surface area contributed by atoms with E-state index in [9.17, 15) is 9.59 Å². The number of ketones is 2. The van der Waals surface area contributed by atoms with Crippen molar-refractivity contribution >= 4 is 11.6 Å². The highest BCUT2D eigenvalue weighted by atomic mass is 16.1. The molecule has 112 valence electrons. The first-order valence-electron chi connectivity index (χ1n) is 8.40. The van der Waals surface area contributed by atoms with Crippen molar-refractivity contribution in [3.63, 3.8) is 0 Å². The molecule has 4 rings (SSSR count). The summed E-state index contributed by atoms with van der Waals surface area (Å²) < 4.78 is 0. The number of hydrogen-bond acceptors (Lipinski definition) is 2. The van der Waals surface area contributed by atoms with Gasteiger partial charge in [0.15, 0.2) is 5.78 Å². The third-order valence-corrected chi connectivity index (χ3v) is 7.22. The second-order valence-corrected chi connectivity index (χ2v) is 8.08. The molecule has 0 spiro atoms. The Labute approximate surface area is 126 Å². The molecule has 4 aliphatic carbocycles. The maximum atomic E-state index is 12.3. The van der Waals surface area contributed by atoms with Crippen LogP contribution in [0.5, 0.6) is 0 Å². The quantitative estimate of drug-likeness (QED) is 0.677. The second kappa shape index (κ2) is 4.18. The topological polar surface area (TPSA) is 34.1 Å². The molecule has 2 fully saturated rings. The van der Waals surface area contributed by atoms with Gasteiger partial charge in [-0.2, -0.15) is 0 Å². The molecule has 0 saturated heterocycles. The van der Waals surface area contributed by atoms with Crippen LogP contribution in [-0.4, -0.2) is 11.6 Å². The van der Waals surface area contributed by atoms with E-state index in [4.69, 9.17) is 0 Å². The molecule has 0 aromatic carbocycles. The Bertz CT molecular complexity index is 584. The largest absolute Gasteiger partial charge is 0.299 e. The second-order valence-electron chi connectivity index (χ2n) is 8.08. The standard InChI is InChI=1S/C19H24O2/c1-18-10-9-16-14(15(18)7-8-17(18)21)6-4-12-3-5-13(20)11-19(12,16)2/h3-5,14-16H,6-11H2,1-2H3/t14-,15-,16-,18-,19-/m0/s1. The molecule has 2 heteroatoms. The number of rotatable bonds is 0. The fourth-order valence-electron chi connectivity index (χ4n) is 5.98. The molecule has 0 N–H and O–H groups in total. The van der Waals surface area contributed by atoms with E-state index in [0.717, 1.165) is 32.1 Å². The van der Waals surface area contributed by atoms with E-state index in [1.54, 1.807) is 6.08 Å². The summed E-state index contributed by atoms with van der Waals surface area (Å²) in [7, 11) is 0. The fourth-order valence-corrected chi connectivity index (χ4v) is 5.98. The summed E-state index contributed by atoms with van der Waals surface area (Å²) in [5, 5.41) is 0. The Morgan fingerprint density at radius 2 is 1.81 bits per heavy atom. The maximum Gasteiger partial charge on any atom is 0.156 e. The zero-order valence-electron chi connectivity index (χ0n) is 13.0. The van der Waals surface area contributed by atoms with Crippen molar-refractivity contribution < 1.29 is 9.59 Å². The Balaban J connectivity index is 1.75. The molecule has 0 amide bonds. The lowest BCUT2D eigenvalue weighted by Crippen LogP contribution is -2.49. The molecule has 21 heavy (non-hydrogen) atoms. The van der Waals surface area contributed by atoms with Gasteiger partial charge in [-0.05, 0) is 55.1 Å². The van der Waals surface area contributed by atoms with Crippen molar-refractivity contribution in [2.75, 3.05) is 0 Å². The number of allylic oxidation sites excluding steroid dienone is 4. The molecule has 0 unspecified atom stereocenters. The Kier molecular flexibility index (Phi) is 2.68. The highest BCUT2D eigenvalue weighted by Crippen LogP contribution is 2.62. The molecule has 4 aliphatic rings. The molecule has 0 heterocycles. The number of fused-ring (bicyclic) bond motifs is 5. The van der Waals surface area contributed by atoms with Crippen LogP contribution in [0.3, 0.4) is 0 Å². The Morgan fingerprint density at radius 3 is 2.62 bits per heavy atom. The van der Waals surface area contributed by atoms with E-state index in [0.29, 0.717) is 30.0 Å². The Hall–Kier alpha value is -1.18. The first-order valence-corrected chi connectivity index (χ1v) is 8.40. The summed E-state index contributed by atoms with van der Waals surface area (Å²) in [6.45, 7) is 4.49. The van der Waals surface area contributed by atoms with Gasteiger partial charge in [-0.3, -0.25) is 9.59 Å². The first-order chi connectivity index (χ1) is 9.95. The minimum atomic E-state index is -0.0720. The van der Waals surface area contributed by atoms with Crippen LogP contribution >= 0.6 is 0 Å². The lowest BCUT2D eigenvalue weighted by Gasteiger charge is -2.55. The molecule has 5 atom stereocenters. The van der Waals surface area contributed by atoms with Gasteiger partial charge < -0.3 is 0 Å². The van der Waals surface area contributed by atoms with Crippen LogP contribution in [0.15, 0.2) is 23.8 Å². The average molecular weight is 284 g/mol. The minimum Gasteiger partial charge on any atom is -0.299 e. The van der Waals surface area contributed by atoms with E-state index in [2.05, 4.69) is 26.0 Å². The van der Waals surface area contributed by atoms with Crippen molar-refractivity contribution in [1.82, 2.24) is 0 Å². The van der Waals surface area contributed by atoms with E-state index < -0.39 is 0 Å². The smallest absolute Gasteiger partial charge is 0.156 e. The number of hydrogen-bond donors (Lipinski definition) is 0. The van der Waals surface area contributed by atoms with E-state index in [-0.39, 0.29) is 16.6 Å². The van der Waals surface area contributed by atoms with Gasteiger partial charge in [0.25, 0.3) is 0 Å². The molecule has 0 aromatic rings. The zero-order chi connectivity index (χ0) is 14.8. The maximum absolute atomic E-state index is 12.3. The third kappa shape index (κ3) is 1.65. The van der Waals surface area contributed by atoms with Crippen LogP contribution in [0.1, 0.15) is 52.4 Å². The van der Waals surface area contributed by atoms with Gasteiger partial charge in [0, 0.05) is 23.7 Å². The first kappa shape index (κ1) is 13.5. The molecule has 0 aromatic heterocycles. The van der Waals surface area contributed by atoms with E-state index in [1.165, 1.54) is 5.57 Å². The van der Waals surface area contributed by atoms with Gasteiger partial charge >= 0.3 is 0 Å². The van der Waals surface area contributed by atoms with Gasteiger partial charge in [0.05, 0.1) is 0 Å². The summed E-state index contributed by atoms with van der Waals surface area (Å²) in [4.78, 5) is 24.3. The van der Waals surface area contributed by atoms with Gasteiger partial charge in [-0.25, -0.2) is 0 Å². The van der Waals surface area contributed by atoms with Gasteiger partial charge in [-0.1, -0.05) is 26.0 Å². The molecular formula is C19H24O2. The third-order valence-electron chi connectivity index (χ3n) is 7.22. The normalized spacial score (nSPS) is 48.5. The van der Waals surface area contributed by atoms with E-state index in [1.807, 2.05) is 0 Å². The lowest BCUT2D eigenvalue weighted by molar-refractivity contribution is -0.132. The van der Waals surface area contributed by atoms with E-state index >= 15 is 0 Å². The molecular weight excluding hydrogens is 260 g/mol. The summed E-state index contributed by atoms with van der Waals surface area (Å²) in [6, 6.07) is 0. The van der Waals surface area contributed by atoms with Crippen molar-refractivity contribution in [3.05, 3.63) is 23.8 Å². The van der Waals surface area contributed by atoms with Crippen LogP contribution in [-0.2, 0) is 9.59 Å². The fraction of sp³-hybridized carbons (Fsp3) is 0.684. The number of carbonyl (C=O) groups is 2. The van der Waals surface area contributed by atoms with Crippen LogP contribution in [0.25, 0.3) is 0 Å². The highest BCUT2D eigenvalue weighted by molar-refractivity contribution is 5.92. The van der Waals surface area contributed by atoms with Crippen molar-refractivity contribution in [2.45, 2.75) is 52.4 Å². The number of Topliss-reactive ketones (excluding diaryl/α,β-unsaturated/α-hetero) is 1. The van der Waals surface area contributed by atoms with Crippen molar-refractivity contribution in [2.24, 2.45) is 28.6 Å². The predicted molar refractivity (Wildman–Crippen MR) is 81.6 cm³/mol. The SMILES string of the molecule is C[C@]12CC(=O)C=CC1=CC[C@@H]1[C@@H]2CC[C@]2(C)C(=O)CC[C@@H]12. The average Bonchev–Trinajstić information content (AvgIpc) is 2.74. The highest BCUT2D eigenvalue weighted by Gasteiger charge is 2.58. The summed E-state index contributed by atoms with van der Waals surface area (Å²) >= 11 is 0. The molecule has 2 saturated carbocycles. The van der Waals surface area contributed by atoms with Crippen LogP contribution in [0.4, 0.5) is 0 Å². The molecule has 0 radical (unpaired) electrons. The van der Waals surface area contributed by atoms with Crippen LogP contribution in [0, 0.1) is 28.6 Å². The molecule has 0 aliphatic heterocycles. The predicted octanol–water partition coefficient (Wildman–Crippen LogP) is 3.86. The van der Waals surface area contributed by atoms with Crippen molar-refractivity contribution in [1.29, 1.82) is 0 Å². The van der Waals surface area contributed by atoms with Gasteiger partial charge in [0.1, 0.15) is 5.78 Å². The lowest BCUT2D eigenvalue weighted by atomic mass is 9.49. The Morgan fingerprint density at radius 1 is 1.05 bits per heavy atom. The minimum absolute atomic E-state index is 0.0156. The van der Waals surface area contributed by atoms with Crippen molar-refractivity contribution in [3.8, 4) is 0 Å². The van der Waals surface area contributed by atoms with Crippen LogP contribution in [0.2, 0.25) is 0 Å². The van der Waals surface area contributed by atoms with Crippen LogP contribution < -0.4 is 0 Å².